The minimum Gasteiger partial charge on any atom is -0.392 e. The third-order valence-electron chi connectivity index (χ3n) is 2.45. The summed E-state index contributed by atoms with van der Waals surface area (Å²) in [4.78, 5) is 0. The van der Waals surface area contributed by atoms with Gasteiger partial charge >= 0.3 is 0 Å². The molecule has 0 saturated heterocycles. The molecular weight excluding hydrogens is 198 g/mol. The molecule has 0 saturated carbocycles. The zero-order chi connectivity index (χ0) is 10.8. The molecule has 2 aromatic carbocycles. The third kappa shape index (κ3) is 1.70. The van der Waals surface area contributed by atoms with E-state index >= 15 is 0 Å². The number of hydrogen-bond acceptors (Lipinski definition) is 1. The predicted octanol–water partition coefficient (Wildman–Crippen LogP) is 3.27. The van der Waals surface area contributed by atoms with E-state index < -0.39 is 6.43 Å². The van der Waals surface area contributed by atoms with Gasteiger partial charge in [0.15, 0.2) is 0 Å². The number of aliphatic hydroxyl groups is 1. The van der Waals surface area contributed by atoms with Gasteiger partial charge in [0.1, 0.15) is 0 Å². The fourth-order valence-corrected chi connectivity index (χ4v) is 1.73. The molecule has 15 heavy (non-hydrogen) atoms. The van der Waals surface area contributed by atoms with Gasteiger partial charge in [-0.15, -0.1) is 0 Å². The highest BCUT2D eigenvalue weighted by Gasteiger charge is 2.11. The Morgan fingerprint density at radius 1 is 1.00 bits per heavy atom. The molecule has 0 spiro atoms. The van der Waals surface area contributed by atoms with E-state index in [4.69, 9.17) is 5.11 Å². The van der Waals surface area contributed by atoms with Gasteiger partial charge in [-0.05, 0) is 16.3 Å². The smallest absolute Gasteiger partial charge is 0.264 e. The van der Waals surface area contributed by atoms with Crippen LogP contribution in [0.25, 0.3) is 10.8 Å². The first kappa shape index (κ1) is 10.1. The largest absolute Gasteiger partial charge is 0.392 e. The molecule has 0 unspecified atom stereocenters. The predicted molar refractivity (Wildman–Crippen MR) is 54.8 cm³/mol. The van der Waals surface area contributed by atoms with Crippen LogP contribution in [0.4, 0.5) is 8.78 Å². The first-order valence-electron chi connectivity index (χ1n) is 4.63. The molecule has 3 heteroatoms. The summed E-state index contributed by atoms with van der Waals surface area (Å²) in [7, 11) is 0. The Bertz CT molecular complexity index is 480. The molecular formula is C12H10F2O. The number of fused-ring (bicyclic) bond motifs is 1. The van der Waals surface area contributed by atoms with Crippen molar-refractivity contribution in [2.75, 3.05) is 0 Å². The van der Waals surface area contributed by atoms with E-state index in [9.17, 15) is 8.78 Å². The van der Waals surface area contributed by atoms with Gasteiger partial charge in [0, 0.05) is 5.56 Å². The molecule has 0 radical (unpaired) electrons. The molecule has 2 aromatic rings. The Hall–Kier alpha value is -1.48. The lowest BCUT2D eigenvalue weighted by atomic mass is 10.0. The van der Waals surface area contributed by atoms with E-state index in [1.54, 1.807) is 30.3 Å². The second-order valence-corrected chi connectivity index (χ2v) is 3.32. The van der Waals surface area contributed by atoms with Crippen molar-refractivity contribution in [2.45, 2.75) is 13.0 Å². The van der Waals surface area contributed by atoms with Crippen LogP contribution in [-0.4, -0.2) is 5.11 Å². The first-order valence-corrected chi connectivity index (χ1v) is 4.63. The average Bonchev–Trinajstić information content (AvgIpc) is 2.27. The molecule has 78 valence electrons. The summed E-state index contributed by atoms with van der Waals surface area (Å²) >= 11 is 0. The number of halogens is 2. The van der Waals surface area contributed by atoms with Crippen molar-refractivity contribution in [3.8, 4) is 0 Å². The van der Waals surface area contributed by atoms with Gasteiger partial charge in [-0.2, -0.15) is 0 Å². The van der Waals surface area contributed by atoms with E-state index in [1.807, 2.05) is 0 Å². The minimum absolute atomic E-state index is 0.0165. The zero-order valence-corrected chi connectivity index (χ0v) is 7.95. The van der Waals surface area contributed by atoms with Crippen LogP contribution in [0.3, 0.4) is 0 Å². The maximum absolute atomic E-state index is 12.7. The highest BCUT2D eigenvalue weighted by Crippen LogP contribution is 2.29. The van der Waals surface area contributed by atoms with Crippen molar-refractivity contribution in [2.24, 2.45) is 0 Å². The average molecular weight is 208 g/mol. The lowest BCUT2D eigenvalue weighted by Crippen LogP contribution is -1.90. The standard InChI is InChI=1S/C12H10F2O/c13-12(14)11-6-2-4-9-8(7-15)3-1-5-10(9)11/h1-6,12,15H,7H2. The van der Waals surface area contributed by atoms with Crippen LogP contribution in [0.2, 0.25) is 0 Å². The molecule has 1 N–H and O–H groups in total. The van der Waals surface area contributed by atoms with Crippen molar-refractivity contribution in [3.05, 3.63) is 47.5 Å². The van der Waals surface area contributed by atoms with Gasteiger partial charge in [-0.1, -0.05) is 36.4 Å². The molecule has 0 aliphatic heterocycles. The van der Waals surface area contributed by atoms with Crippen LogP contribution in [0.1, 0.15) is 17.6 Å². The fraction of sp³-hybridized carbons (Fsp3) is 0.167. The van der Waals surface area contributed by atoms with Crippen LogP contribution < -0.4 is 0 Å². The van der Waals surface area contributed by atoms with Crippen LogP contribution in [0, 0.1) is 0 Å². The Morgan fingerprint density at radius 3 is 2.33 bits per heavy atom. The monoisotopic (exact) mass is 208 g/mol. The van der Waals surface area contributed by atoms with Crippen molar-refractivity contribution in [1.82, 2.24) is 0 Å². The van der Waals surface area contributed by atoms with E-state index in [0.29, 0.717) is 16.3 Å². The van der Waals surface area contributed by atoms with Crippen LogP contribution in [0.15, 0.2) is 36.4 Å². The molecule has 0 heterocycles. The number of hydrogen-bond donors (Lipinski definition) is 1. The Kier molecular flexibility index (Phi) is 2.64. The van der Waals surface area contributed by atoms with Crippen LogP contribution in [-0.2, 0) is 6.61 Å². The molecule has 0 aliphatic rings. The fourth-order valence-electron chi connectivity index (χ4n) is 1.73. The van der Waals surface area contributed by atoms with E-state index in [2.05, 4.69) is 0 Å². The number of aliphatic hydroxyl groups excluding tert-OH is 1. The van der Waals surface area contributed by atoms with E-state index in [1.165, 1.54) is 6.07 Å². The van der Waals surface area contributed by atoms with Gasteiger partial charge in [0.05, 0.1) is 6.61 Å². The molecule has 0 amide bonds. The first-order chi connectivity index (χ1) is 7.24. The van der Waals surface area contributed by atoms with Crippen LogP contribution in [0.5, 0.6) is 0 Å². The normalized spacial score (nSPS) is 11.2. The lowest BCUT2D eigenvalue weighted by molar-refractivity contribution is 0.153. The zero-order valence-electron chi connectivity index (χ0n) is 7.95. The number of alkyl halides is 2. The summed E-state index contributed by atoms with van der Waals surface area (Å²) in [5.74, 6) is 0. The molecule has 1 nitrogen and oxygen atoms in total. The highest BCUT2D eigenvalue weighted by molar-refractivity contribution is 5.88. The third-order valence-corrected chi connectivity index (χ3v) is 2.45. The Balaban J connectivity index is 2.76. The summed E-state index contributed by atoms with van der Waals surface area (Å²) in [6.07, 6.45) is -2.48. The Labute approximate surface area is 86.0 Å². The SMILES string of the molecule is OCc1cccc2c(C(F)F)cccc12. The minimum atomic E-state index is -2.48. The summed E-state index contributed by atoms with van der Waals surface area (Å²) in [5.41, 5.74) is 0.692. The van der Waals surface area contributed by atoms with E-state index in [0.717, 1.165) is 0 Å². The van der Waals surface area contributed by atoms with Gasteiger partial charge in [-0.25, -0.2) is 8.78 Å². The van der Waals surface area contributed by atoms with Crippen molar-refractivity contribution in [3.63, 3.8) is 0 Å². The van der Waals surface area contributed by atoms with E-state index in [-0.39, 0.29) is 12.2 Å². The quantitative estimate of drug-likeness (QED) is 0.803. The van der Waals surface area contributed by atoms with Gasteiger partial charge in [0.2, 0.25) is 0 Å². The van der Waals surface area contributed by atoms with Gasteiger partial charge in [-0.3, -0.25) is 0 Å². The number of rotatable bonds is 2. The summed E-state index contributed by atoms with van der Waals surface area (Å²) < 4.78 is 25.3. The van der Waals surface area contributed by atoms with Gasteiger partial charge < -0.3 is 5.11 Å². The maximum Gasteiger partial charge on any atom is 0.264 e. The van der Waals surface area contributed by atoms with Crippen molar-refractivity contribution < 1.29 is 13.9 Å². The highest BCUT2D eigenvalue weighted by atomic mass is 19.3. The lowest BCUT2D eigenvalue weighted by Gasteiger charge is -2.08. The summed E-state index contributed by atoms with van der Waals surface area (Å²) in [6.45, 7) is -0.135. The molecule has 0 fully saturated rings. The second kappa shape index (κ2) is 3.95. The topological polar surface area (TPSA) is 20.2 Å². The molecule has 2 rings (SSSR count). The van der Waals surface area contributed by atoms with Gasteiger partial charge in [0.25, 0.3) is 6.43 Å². The van der Waals surface area contributed by atoms with Crippen LogP contribution >= 0.6 is 0 Å². The molecule has 0 atom stereocenters. The van der Waals surface area contributed by atoms with Crippen molar-refractivity contribution in [1.29, 1.82) is 0 Å². The molecule has 0 bridgehead atoms. The molecule has 0 aliphatic carbocycles. The van der Waals surface area contributed by atoms with Crippen molar-refractivity contribution >= 4 is 10.8 Å². The number of benzene rings is 2. The molecule has 0 aromatic heterocycles. The second-order valence-electron chi connectivity index (χ2n) is 3.32. The summed E-state index contributed by atoms with van der Waals surface area (Å²) in [6, 6.07) is 9.80. The maximum atomic E-state index is 12.7. The summed E-state index contributed by atoms with van der Waals surface area (Å²) in [5, 5.41) is 10.3. The Morgan fingerprint density at radius 2 is 1.67 bits per heavy atom.